The minimum absolute atomic E-state index is 0.0946. The van der Waals surface area contributed by atoms with Crippen LogP contribution in [0.5, 0.6) is 0 Å². The van der Waals surface area contributed by atoms with E-state index in [1.165, 1.54) is 17.8 Å². The summed E-state index contributed by atoms with van der Waals surface area (Å²) in [4.78, 5) is 4.54. The second-order valence-electron chi connectivity index (χ2n) is 3.16. The zero-order valence-electron chi connectivity index (χ0n) is 8.76. The fourth-order valence-corrected chi connectivity index (χ4v) is 1.97. The van der Waals surface area contributed by atoms with Crippen LogP contribution >= 0.6 is 11.8 Å². The van der Waals surface area contributed by atoms with Crippen molar-refractivity contribution < 1.29 is 8.91 Å². The standard InChI is InChI=1S/C11H8FN3OS/c12-8-3-1-2-4-9(8)17-7-10-14-11(5-6-13)16-15-10/h1-4H,5,7H2. The van der Waals surface area contributed by atoms with Gasteiger partial charge in [-0.1, -0.05) is 17.3 Å². The largest absolute Gasteiger partial charge is 0.338 e. The van der Waals surface area contributed by atoms with E-state index in [0.717, 1.165) is 0 Å². The van der Waals surface area contributed by atoms with Gasteiger partial charge in [-0.2, -0.15) is 10.2 Å². The lowest BCUT2D eigenvalue weighted by Crippen LogP contribution is -1.87. The number of nitrogens with zero attached hydrogens (tertiary/aromatic N) is 3. The lowest BCUT2D eigenvalue weighted by atomic mass is 10.3. The number of aromatic nitrogens is 2. The molecule has 86 valence electrons. The molecule has 2 rings (SSSR count). The Hall–Kier alpha value is -1.87. The second kappa shape index (κ2) is 5.46. The molecule has 0 radical (unpaired) electrons. The third-order valence-corrected chi connectivity index (χ3v) is 2.98. The molecule has 0 saturated carbocycles. The summed E-state index contributed by atoms with van der Waals surface area (Å²) in [5.74, 6) is 0.897. The molecule has 0 saturated heterocycles. The van der Waals surface area contributed by atoms with Crippen LogP contribution in [-0.4, -0.2) is 10.1 Å². The van der Waals surface area contributed by atoms with E-state index in [4.69, 9.17) is 9.78 Å². The molecule has 2 aromatic rings. The molecule has 1 heterocycles. The third-order valence-electron chi connectivity index (χ3n) is 1.93. The Morgan fingerprint density at radius 3 is 3.00 bits per heavy atom. The molecular weight excluding hydrogens is 241 g/mol. The summed E-state index contributed by atoms with van der Waals surface area (Å²) >= 11 is 1.29. The normalized spacial score (nSPS) is 10.1. The van der Waals surface area contributed by atoms with E-state index in [1.54, 1.807) is 18.2 Å². The highest BCUT2D eigenvalue weighted by atomic mass is 32.2. The summed E-state index contributed by atoms with van der Waals surface area (Å²) < 4.78 is 18.1. The first kappa shape index (κ1) is 11.6. The molecule has 0 aliphatic carbocycles. The lowest BCUT2D eigenvalue weighted by molar-refractivity contribution is 0.383. The van der Waals surface area contributed by atoms with Crippen molar-refractivity contribution >= 4 is 11.8 Å². The zero-order chi connectivity index (χ0) is 12.1. The summed E-state index contributed by atoms with van der Waals surface area (Å²) in [6.07, 6.45) is 0.0946. The van der Waals surface area contributed by atoms with Crippen LogP contribution in [-0.2, 0) is 12.2 Å². The maximum atomic E-state index is 13.3. The predicted octanol–water partition coefficient (Wildman–Crippen LogP) is 2.57. The highest BCUT2D eigenvalue weighted by Gasteiger charge is 2.07. The number of hydrogen-bond acceptors (Lipinski definition) is 5. The number of halogens is 1. The van der Waals surface area contributed by atoms with Gasteiger partial charge in [-0.05, 0) is 12.1 Å². The number of benzene rings is 1. The molecule has 0 spiro atoms. The van der Waals surface area contributed by atoms with E-state index in [0.29, 0.717) is 16.5 Å². The van der Waals surface area contributed by atoms with E-state index < -0.39 is 0 Å². The van der Waals surface area contributed by atoms with Crippen LogP contribution in [0, 0.1) is 17.1 Å². The van der Waals surface area contributed by atoms with Gasteiger partial charge in [-0.15, -0.1) is 11.8 Å². The van der Waals surface area contributed by atoms with Gasteiger partial charge >= 0.3 is 0 Å². The summed E-state index contributed by atoms with van der Waals surface area (Å²) in [6.45, 7) is 0. The first-order valence-electron chi connectivity index (χ1n) is 4.85. The number of thioether (sulfide) groups is 1. The van der Waals surface area contributed by atoms with Gasteiger partial charge in [0.15, 0.2) is 5.82 Å². The van der Waals surface area contributed by atoms with Gasteiger partial charge in [0.1, 0.15) is 12.2 Å². The maximum absolute atomic E-state index is 13.3. The van der Waals surface area contributed by atoms with Crippen LogP contribution in [0.4, 0.5) is 4.39 Å². The molecule has 0 N–H and O–H groups in total. The highest BCUT2D eigenvalue weighted by Crippen LogP contribution is 2.24. The third kappa shape index (κ3) is 3.04. The monoisotopic (exact) mass is 249 g/mol. The average molecular weight is 249 g/mol. The minimum atomic E-state index is -0.266. The fourth-order valence-electron chi connectivity index (χ4n) is 1.19. The van der Waals surface area contributed by atoms with Crippen molar-refractivity contribution in [3.05, 3.63) is 41.8 Å². The van der Waals surface area contributed by atoms with Gasteiger partial charge in [-0.25, -0.2) is 4.39 Å². The van der Waals surface area contributed by atoms with E-state index >= 15 is 0 Å². The van der Waals surface area contributed by atoms with Gasteiger partial charge in [0.25, 0.3) is 0 Å². The molecule has 4 nitrogen and oxygen atoms in total. The van der Waals surface area contributed by atoms with Crippen LogP contribution in [0.1, 0.15) is 11.7 Å². The Balaban J connectivity index is 1.98. The molecule has 0 aliphatic rings. The summed E-state index contributed by atoms with van der Waals surface area (Å²) in [5, 5.41) is 12.1. The Kier molecular flexibility index (Phi) is 3.73. The van der Waals surface area contributed by atoms with Crippen molar-refractivity contribution in [2.45, 2.75) is 17.1 Å². The van der Waals surface area contributed by atoms with Gasteiger partial charge < -0.3 is 4.52 Å². The van der Waals surface area contributed by atoms with E-state index in [2.05, 4.69) is 10.1 Å². The van der Waals surface area contributed by atoms with Gasteiger partial charge in [0.05, 0.1) is 11.8 Å². The van der Waals surface area contributed by atoms with Crippen LogP contribution in [0.2, 0.25) is 0 Å². The molecule has 1 aromatic heterocycles. The summed E-state index contributed by atoms with van der Waals surface area (Å²) in [6, 6.07) is 8.41. The molecule has 17 heavy (non-hydrogen) atoms. The lowest BCUT2D eigenvalue weighted by Gasteiger charge is -1.98. The van der Waals surface area contributed by atoms with E-state index in [-0.39, 0.29) is 18.1 Å². The molecule has 0 amide bonds. The molecule has 1 aromatic carbocycles. The summed E-state index contributed by atoms with van der Waals surface area (Å²) in [5.41, 5.74) is 0. The quantitative estimate of drug-likeness (QED) is 0.779. The van der Waals surface area contributed by atoms with Crippen molar-refractivity contribution in [3.8, 4) is 6.07 Å². The van der Waals surface area contributed by atoms with Gasteiger partial charge in [0, 0.05) is 4.90 Å². The number of hydrogen-bond donors (Lipinski definition) is 0. The fraction of sp³-hybridized carbons (Fsp3) is 0.182. The molecule has 0 atom stereocenters. The van der Waals surface area contributed by atoms with E-state index in [9.17, 15) is 4.39 Å². The van der Waals surface area contributed by atoms with Gasteiger partial charge in [-0.3, -0.25) is 0 Å². The first-order chi connectivity index (χ1) is 8.29. The SMILES string of the molecule is N#CCc1nc(CSc2ccccc2F)no1. The maximum Gasteiger partial charge on any atom is 0.240 e. The Bertz CT molecular complexity index is 550. The Morgan fingerprint density at radius 1 is 1.41 bits per heavy atom. The second-order valence-corrected chi connectivity index (χ2v) is 4.18. The smallest absolute Gasteiger partial charge is 0.240 e. The van der Waals surface area contributed by atoms with Crippen molar-refractivity contribution in [2.75, 3.05) is 0 Å². The minimum Gasteiger partial charge on any atom is -0.338 e. The van der Waals surface area contributed by atoms with Crippen molar-refractivity contribution in [1.82, 2.24) is 10.1 Å². The first-order valence-corrected chi connectivity index (χ1v) is 5.84. The van der Waals surface area contributed by atoms with Gasteiger partial charge in [0.2, 0.25) is 5.89 Å². The van der Waals surface area contributed by atoms with Crippen LogP contribution in [0.15, 0.2) is 33.7 Å². The molecule has 0 fully saturated rings. The molecule has 0 aliphatic heterocycles. The van der Waals surface area contributed by atoms with Crippen molar-refractivity contribution in [1.29, 1.82) is 5.26 Å². The molecular formula is C11H8FN3OS. The van der Waals surface area contributed by atoms with Crippen molar-refractivity contribution in [3.63, 3.8) is 0 Å². The average Bonchev–Trinajstić information content (AvgIpc) is 2.76. The Morgan fingerprint density at radius 2 is 2.24 bits per heavy atom. The summed E-state index contributed by atoms with van der Waals surface area (Å²) in [7, 11) is 0. The Labute approximate surface area is 101 Å². The molecule has 0 bridgehead atoms. The van der Waals surface area contributed by atoms with E-state index in [1.807, 2.05) is 6.07 Å². The van der Waals surface area contributed by atoms with Crippen LogP contribution in [0.3, 0.4) is 0 Å². The van der Waals surface area contributed by atoms with Crippen LogP contribution < -0.4 is 0 Å². The predicted molar refractivity (Wildman–Crippen MR) is 59.6 cm³/mol. The molecule has 6 heteroatoms. The van der Waals surface area contributed by atoms with Crippen molar-refractivity contribution in [2.24, 2.45) is 0 Å². The molecule has 0 unspecified atom stereocenters. The van der Waals surface area contributed by atoms with Crippen LogP contribution in [0.25, 0.3) is 0 Å². The number of rotatable bonds is 4. The highest BCUT2D eigenvalue weighted by molar-refractivity contribution is 7.98. The topological polar surface area (TPSA) is 62.7 Å². The zero-order valence-corrected chi connectivity index (χ0v) is 9.58. The number of nitriles is 1.